The summed E-state index contributed by atoms with van der Waals surface area (Å²) in [5, 5.41) is 3.14. The summed E-state index contributed by atoms with van der Waals surface area (Å²) in [6, 6.07) is 12.5. The van der Waals surface area contributed by atoms with Crippen LogP contribution in [0.2, 0.25) is 5.02 Å². The van der Waals surface area contributed by atoms with Crippen molar-refractivity contribution in [2.45, 2.75) is 6.92 Å². The maximum Gasteiger partial charge on any atom is 0.278 e. The number of methoxy groups -OCH3 is 2. The van der Waals surface area contributed by atoms with Crippen LogP contribution in [-0.4, -0.2) is 25.1 Å². The van der Waals surface area contributed by atoms with E-state index in [0.717, 1.165) is 5.56 Å². The van der Waals surface area contributed by atoms with Crippen LogP contribution in [0.3, 0.4) is 0 Å². The van der Waals surface area contributed by atoms with E-state index in [1.165, 1.54) is 14.2 Å². The van der Waals surface area contributed by atoms with Gasteiger partial charge in [-0.3, -0.25) is 4.79 Å². The summed E-state index contributed by atoms with van der Waals surface area (Å²) in [4.78, 5) is 17.0. The minimum atomic E-state index is -0.420. The third kappa shape index (κ3) is 3.50. The maximum absolute atomic E-state index is 12.7. The highest BCUT2D eigenvalue weighted by Crippen LogP contribution is 2.36. The number of nitrogens with one attached hydrogen (secondary N) is 1. The zero-order chi connectivity index (χ0) is 18.7. The van der Waals surface area contributed by atoms with Gasteiger partial charge in [0.2, 0.25) is 5.89 Å². The Morgan fingerprint density at radius 1 is 1.12 bits per heavy atom. The summed E-state index contributed by atoms with van der Waals surface area (Å²) in [7, 11) is 2.98. The van der Waals surface area contributed by atoms with Crippen LogP contribution in [0.1, 0.15) is 16.2 Å². The van der Waals surface area contributed by atoms with Gasteiger partial charge >= 0.3 is 0 Å². The van der Waals surface area contributed by atoms with Crippen molar-refractivity contribution in [3.05, 3.63) is 58.9 Å². The molecule has 1 N–H and O–H groups in total. The first kappa shape index (κ1) is 17.8. The number of aryl methyl sites for hydroxylation is 1. The van der Waals surface area contributed by atoms with Crippen molar-refractivity contribution < 1.29 is 18.7 Å². The van der Waals surface area contributed by atoms with Gasteiger partial charge in [-0.2, -0.15) is 0 Å². The lowest BCUT2D eigenvalue weighted by molar-refractivity contribution is 0.102. The lowest BCUT2D eigenvalue weighted by Gasteiger charge is -2.12. The highest BCUT2D eigenvalue weighted by atomic mass is 35.5. The van der Waals surface area contributed by atoms with Crippen molar-refractivity contribution in [3.63, 3.8) is 0 Å². The van der Waals surface area contributed by atoms with E-state index < -0.39 is 5.91 Å². The van der Waals surface area contributed by atoms with Crippen LogP contribution in [0.25, 0.3) is 11.5 Å². The molecule has 1 aromatic heterocycles. The number of halogens is 1. The van der Waals surface area contributed by atoms with Gasteiger partial charge in [-0.15, -0.1) is 0 Å². The molecule has 0 aliphatic heterocycles. The molecule has 0 aliphatic rings. The summed E-state index contributed by atoms with van der Waals surface area (Å²) in [5.41, 5.74) is 1.41. The number of carbonyl (C=O) groups excluding carboxylic acids is 1. The molecular weight excluding hydrogens is 356 g/mol. The summed E-state index contributed by atoms with van der Waals surface area (Å²) in [6.07, 6.45) is 0. The number of nitrogens with zero attached hydrogens (tertiary/aromatic N) is 1. The minimum Gasteiger partial charge on any atom is -0.495 e. The molecule has 0 spiro atoms. The predicted octanol–water partition coefficient (Wildman–Crippen LogP) is 4.57. The monoisotopic (exact) mass is 372 g/mol. The average Bonchev–Trinajstić information content (AvgIpc) is 3.05. The van der Waals surface area contributed by atoms with Crippen molar-refractivity contribution in [3.8, 4) is 23.0 Å². The number of ether oxygens (including phenoxy) is 2. The number of oxazole rings is 1. The van der Waals surface area contributed by atoms with Crippen molar-refractivity contribution in [2.75, 3.05) is 19.5 Å². The lowest BCUT2D eigenvalue weighted by Crippen LogP contribution is -2.14. The zero-order valence-corrected chi connectivity index (χ0v) is 15.3. The molecule has 0 radical (unpaired) electrons. The topological polar surface area (TPSA) is 73.6 Å². The maximum atomic E-state index is 12.7. The SMILES string of the molecule is COc1cc(NC(=O)c2nc(-c3ccccc3)oc2C)c(OC)cc1Cl. The Bertz CT molecular complexity index is 938. The van der Waals surface area contributed by atoms with Gasteiger partial charge in [-0.1, -0.05) is 29.8 Å². The Morgan fingerprint density at radius 3 is 2.46 bits per heavy atom. The van der Waals surface area contributed by atoms with E-state index in [1.807, 2.05) is 30.3 Å². The molecule has 26 heavy (non-hydrogen) atoms. The summed E-state index contributed by atoms with van der Waals surface area (Å²) < 4.78 is 16.1. The molecule has 0 saturated carbocycles. The second-order valence-electron chi connectivity index (χ2n) is 5.43. The van der Waals surface area contributed by atoms with Gasteiger partial charge in [0.05, 0.1) is 24.9 Å². The fourth-order valence-electron chi connectivity index (χ4n) is 2.45. The number of hydrogen-bond donors (Lipinski definition) is 1. The first-order valence-corrected chi connectivity index (χ1v) is 8.17. The predicted molar refractivity (Wildman–Crippen MR) is 99.2 cm³/mol. The van der Waals surface area contributed by atoms with Gasteiger partial charge in [0.25, 0.3) is 5.91 Å². The molecule has 0 bridgehead atoms. The van der Waals surface area contributed by atoms with Crippen molar-refractivity contribution in [1.29, 1.82) is 0 Å². The van der Waals surface area contributed by atoms with Crippen molar-refractivity contribution in [2.24, 2.45) is 0 Å². The van der Waals surface area contributed by atoms with Gasteiger partial charge in [0, 0.05) is 17.7 Å². The van der Waals surface area contributed by atoms with Gasteiger partial charge in [-0.25, -0.2) is 4.98 Å². The minimum absolute atomic E-state index is 0.194. The number of anilines is 1. The van der Waals surface area contributed by atoms with Crippen LogP contribution in [-0.2, 0) is 0 Å². The molecule has 134 valence electrons. The number of benzene rings is 2. The highest BCUT2D eigenvalue weighted by Gasteiger charge is 2.20. The molecule has 2 aromatic carbocycles. The number of carbonyl (C=O) groups is 1. The van der Waals surface area contributed by atoms with Gasteiger partial charge < -0.3 is 19.2 Å². The fourth-order valence-corrected chi connectivity index (χ4v) is 2.68. The molecule has 0 fully saturated rings. The van der Waals surface area contributed by atoms with Crippen LogP contribution in [0.5, 0.6) is 11.5 Å². The van der Waals surface area contributed by atoms with E-state index >= 15 is 0 Å². The van der Waals surface area contributed by atoms with Crippen LogP contribution in [0.4, 0.5) is 5.69 Å². The third-order valence-electron chi connectivity index (χ3n) is 3.75. The Labute approximate surface area is 155 Å². The second kappa shape index (κ2) is 7.49. The molecule has 1 heterocycles. The fraction of sp³-hybridized carbons (Fsp3) is 0.158. The Hall–Kier alpha value is -2.99. The van der Waals surface area contributed by atoms with Crippen LogP contribution < -0.4 is 14.8 Å². The summed E-state index contributed by atoms with van der Waals surface area (Å²) in [6.45, 7) is 1.69. The van der Waals surface area contributed by atoms with Crippen LogP contribution in [0, 0.1) is 6.92 Å². The van der Waals surface area contributed by atoms with E-state index in [2.05, 4.69) is 10.3 Å². The number of amides is 1. The van der Waals surface area contributed by atoms with E-state index in [-0.39, 0.29) is 5.69 Å². The molecule has 3 aromatic rings. The molecule has 0 aliphatic carbocycles. The highest BCUT2D eigenvalue weighted by molar-refractivity contribution is 6.32. The largest absolute Gasteiger partial charge is 0.495 e. The molecule has 6 nitrogen and oxygen atoms in total. The Balaban J connectivity index is 1.91. The van der Waals surface area contributed by atoms with Gasteiger partial charge in [-0.05, 0) is 19.1 Å². The molecule has 3 rings (SSSR count). The molecule has 1 amide bonds. The lowest BCUT2D eigenvalue weighted by atomic mass is 10.2. The van der Waals surface area contributed by atoms with Crippen molar-refractivity contribution >= 4 is 23.2 Å². The van der Waals surface area contributed by atoms with Crippen molar-refractivity contribution in [1.82, 2.24) is 4.98 Å². The first-order valence-electron chi connectivity index (χ1n) is 7.79. The quantitative estimate of drug-likeness (QED) is 0.710. The summed E-state index contributed by atoms with van der Waals surface area (Å²) >= 11 is 6.09. The standard InChI is InChI=1S/C19H17ClN2O4/c1-11-17(22-19(26-11)12-7-5-4-6-8-12)18(23)21-14-10-15(24-2)13(20)9-16(14)25-3/h4-10H,1-3H3,(H,21,23). The van der Waals surface area contributed by atoms with Gasteiger partial charge in [0.15, 0.2) is 5.69 Å². The van der Waals surface area contributed by atoms with E-state index in [0.29, 0.717) is 33.9 Å². The smallest absolute Gasteiger partial charge is 0.278 e. The Kier molecular flexibility index (Phi) is 5.14. The van der Waals surface area contributed by atoms with E-state index in [1.54, 1.807) is 19.1 Å². The number of aromatic nitrogens is 1. The third-order valence-corrected chi connectivity index (χ3v) is 4.05. The normalized spacial score (nSPS) is 10.5. The molecule has 7 heteroatoms. The number of rotatable bonds is 5. The van der Waals surface area contributed by atoms with Crippen LogP contribution in [0.15, 0.2) is 46.9 Å². The Morgan fingerprint density at radius 2 is 1.81 bits per heavy atom. The molecule has 0 saturated heterocycles. The zero-order valence-electron chi connectivity index (χ0n) is 14.5. The number of hydrogen-bond acceptors (Lipinski definition) is 5. The van der Waals surface area contributed by atoms with E-state index in [9.17, 15) is 4.79 Å². The van der Waals surface area contributed by atoms with E-state index in [4.69, 9.17) is 25.5 Å². The molecule has 0 atom stereocenters. The molecular formula is C19H17ClN2O4. The average molecular weight is 373 g/mol. The molecule has 0 unspecified atom stereocenters. The second-order valence-corrected chi connectivity index (χ2v) is 5.84. The van der Waals surface area contributed by atoms with Gasteiger partial charge in [0.1, 0.15) is 17.3 Å². The first-order chi connectivity index (χ1) is 12.5. The summed E-state index contributed by atoms with van der Waals surface area (Å²) in [5.74, 6) is 1.21. The van der Waals surface area contributed by atoms with Crippen LogP contribution >= 0.6 is 11.6 Å².